The Labute approximate surface area is 171 Å². The average molecular weight is 415 g/mol. The number of hydrogen-bond acceptors (Lipinski definition) is 4. The first-order valence-electron chi connectivity index (χ1n) is 9.07. The molecule has 4 rings (SSSR count). The first kappa shape index (κ1) is 18.8. The molecule has 8 heteroatoms. The number of aromatic amines is 1. The summed E-state index contributed by atoms with van der Waals surface area (Å²) in [6.07, 6.45) is 1.87. The Balaban J connectivity index is 1.27. The summed E-state index contributed by atoms with van der Waals surface area (Å²) in [5, 5.41) is 4.32. The molecule has 1 saturated heterocycles. The van der Waals surface area contributed by atoms with Gasteiger partial charge in [-0.15, -0.1) is 0 Å². The summed E-state index contributed by atoms with van der Waals surface area (Å²) in [5.41, 5.74) is 3.34. The highest BCUT2D eigenvalue weighted by molar-refractivity contribution is 7.99. The Hall–Kier alpha value is -2.51. The fraction of sp³-hybridized carbons (Fsp3) is 0.250. The Morgan fingerprint density at radius 2 is 2.07 bits per heavy atom. The van der Waals surface area contributed by atoms with Crippen LogP contribution in [-0.4, -0.2) is 34.1 Å². The minimum absolute atomic E-state index is 0.0587. The average Bonchev–Trinajstić information content (AvgIpc) is 3.27. The van der Waals surface area contributed by atoms with Crippen LogP contribution >= 0.6 is 23.4 Å². The highest BCUT2D eigenvalue weighted by Gasteiger charge is 2.21. The molecule has 0 aliphatic carbocycles. The predicted molar refractivity (Wildman–Crippen MR) is 113 cm³/mol. The van der Waals surface area contributed by atoms with Crippen LogP contribution in [0.2, 0.25) is 5.02 Å². The van der Waals surface area contributed by atoms with Crippen molar-refractivity contribution in [2.75, 3.05) is 22.5 Å². The highest BCUT2D eigenvalue weighted by atomic mass is 35.5. The smallest absolute Gasteiger partial charge is 0.227 e. The number of thioether (sulfide) groups is 1. The number of H-pyrrole nitrogens is 1. The minimum Gasteiger partial charge on any atom is -0.333 e. The first-order valence-corrected chi connectivity index (χ1v) is 10.4. The zero-order valence-corrected chi connectivity index (χ0v) is 16.6. The molecule has 1 aliphatic heterocycles. The van der Waals surface area contributed by atoms with Gasteiger partial charge in [-0.2, -0.15) is 0 Å². The summed E-state index contributed by atoms with van der Waals surface area (Å²) >= 11 is 7.47. The molecule has 6 nitrogen and oxygen atoms in total. The fourth-order valence-electron chi connectivity index (χ4n) is 3.14. The quantitative estimate of drug-likeness (QED) is 0.583. The van der Waals surface area contributed by atoms with Crippen LogP contribution in [-0.2, 0) is 9.59 Å². The zero-order valence-electron chi connectivity index (χ0n) is 15.1. The van der Waals surface area contributed by atoms with Crippen LogP contribution < -0.4 is 10.2 Å². The van der Waals surface area contributed by atoms with Crippen LogP contribution in [0.25, 0.3) is 11.0 Å². The van der Waals surface area contributed by atoms with E-state index in [0.29, 0.717) is 23.6 Å². The zero-order chi connectivity index (χ0) is 19.5. The summed E-state index contributed by atoms with van der Waals surface area (Å²) in [6, 6.07) is 12.9. The van der Waals surface area contributed by atoms with E-state index in [-0.39, 0.29) is 11.8 Å². The van der Waals surface area contributed by atoms with Crippen LogP contribution in [0.4, 0.5) is 11.4 Å². The van der Waals surface area contributed by atoms with Crippen molar-refractivity contribution in [3.05, 3.63) is 47.5 Å². The SMILES string of the molecule is O=C(CCSc1nc2ccc(Cl)cc2[nH]1)Nc1ccc(N2CCCC2=O)cc1. The number of fused-ring (bicyclic) bond motifs is 1. The monoisotopic (exact) mass is 414 g/mol. The van der Waals surface area contributed by atoms with E-state index in [9.17, 15) is 9.59 Å². The fourth-order valence-corrected chi connectivity index (χ4v) is 4.13. The molecule has 2 heterocycles. The number of halogens is 1. The number of benzene rings is 2. The summed E-state index contributed by atoms with van der Waals surface area (Å²) in [5.74, 6) is 0.707. The van der Waals surface area contributed by atoms with E-state index in [2.05, 4.69) is 15.3 Å². The maximum absolute atomic E-state index is 12.2. The molecule has 28 heavy (non-hydrogen) atoms. The molecular weight excluding hydrogens is 396 g/mol. The van der Waals surface area contributed by atoms with Crippen molar-refractivity contribution < 1.29 is 9.59 Å². The minimum atomic E-state index is -0.0587. The number of carbonyl (C=O) groups excluding carboxylic acids is 2. The van der Waals surface area contributed by atoms with Gasteiger partial charge in [0.1, 0.15) is 0 Å². The maximum Gasteiger partial charge on any atom is 0.227 e. The molecule has 0 saturated carbocycles. The second-order valence-electron chi connectivity index (χ2n) is 6.55. The van der Waals surface area contributed by atoms with Gasteiger partial charge in [-0.1, -0.05) is 23.4 Å². The second-order valence-corrected chi connectivity index (χ2v) is 8.07. The number of aromatic nitrogens is 2. The molecule has 0 atom stereocenters. The second kappa shape index (κ2) is 8.24. The molecule has 2 aromatic carbocycles. The number of amides is 2. The standard InChI is InChI=1S/C20H19ClN4O2S/c21-13-3-8-16-17(12-13)24-20(23-16)28-11-9-18(26)22-14-4-6-15(7-5-14)25-10-1-2-19(25)27/h3-8,12H,1-2,9-11H2,(H,22,26)(H,23,24). The van der Waals surface area contributed by atoms with E-state index in [1.807, 2.05) is 36.4 Å². The van der Waals surface area contributed by atoms with Crippen molar-refractivity contribution in [1.82, 2.24) is 9.97 Å². The third-order valence-corrected chi connectivity index (χ3v) is 5.64. The number of anilines is 2. The van der Waals surface area contributed by atoms with E-state index >= 15 is 0 Å². The van der Waals surface area contributed by atoms with Crippen molar-refractivity contribution in [2.45, 2.75) is 24.4 Å². The third kappa shape index (κ3) is 4.31. The van der Waals surface area contributed by atoms with E-state index in [4.69, 9.17) is 11.6 Å². The van der Waals surface area contributed by atoms with Crippen LogP contribution in [0.15, 0.2) is 47.6 Å². The number of nitrogens with zero attached hydrogens (tertiary/aromatic N) is 2. The Bertz CT molecular complexity index is 1020. The predicted octanol–water partition coefficient (Wildman–Crippen LogP) is 4.46. The molecule has 0 bridgehead atoms. The number of rotatable bonds is 6. The van der Waals surface area contributed by atoms with E-state index < -0.39 is 0 Å². The van der Waals surface area contributed by atoms with Gasteiger partial charge in [-0.25, -0.2) is 4.98 Å². The largest absolute Gasteiger partial charge is 0.333 e. The number of hydrogen-bond donors (Lipinski definition) is 2. The van der Waals surface area contributed by atoms with Crippen molar-refractivity contribution in [3.8, 4) is 0 Å². The summed E-state index contributed by atoms with van der Waals surface area (Å²) in [7, 11) is 0. The van der Waals surface area contributed by atoms with Crippen LogP contribution in [0, 0.1) is 0 Å². The Morgan fingerprint density at radius 3 is 2.82 bits per heavy atom. The van der Waals surface area contributed by atoms with Crippen molar-refractivity contribution in [1.29, 1.82) is 0 Å². The molecule has 3 aromatic rings. The normalized spacial score (nSPS) is 14.0. The van der Waals surface area contributed by atoms with E-state index in [1.165, 1.54) is 11.8 Å². The lowest BCUT2D eigenvalue weighted by Gasteiger charge is -2.16. The Kier molecular flexibility index (Phi) is 5.54. The van der Waals surface area contributed by atoms with Crippen LogP contribution in [0.5, 0.6) is 0 Å². The molecule has 2 amide bonds. The highest BCUT2D eigenvalue weighted by Crippen LogP contribution is 2.24. The summed E-state index contributed by atoms with van der Waals surface area (Å²) in [6.45, 7) is 0.760. The van der Waals surface area contributed by atoms with E-state index in [1.54, 1.807) is 11.0 Å². The molecule has 0 radical (unpaired) electrons. The molecule has 1 aromatic heterocycles. The molecular formula is C20H19ClN4O2S. The number of carbonyl (C=O) groups is 2. The van der Waals surface area contributed by atoms with Gasteiger partial charge in [0, 0.05) is 41.5 Å². The van der Waals surface area contributed by atoms with Gasteiger partial charge in [0.2, 0.25) is 11.8 Å². The summed E-state index contributed by atoms with van der Waals surface area (Å²) in [4.78, 5) is 33.4. The van der Waals surface area contributed by atoms with Gasteiger partial charge in [-0.3, -0.25) is 9.59 Å². The molecule has 0 spiro atoms. The van der Waals surface area contributed by atoms with Gasteiger partial charge in [0.15, 0.2) is 5.16 Å². The van der Waals surface area contributed by atoms with Crippen LogP contribution in [0.3, 0.4) is 0 Å². The van der Waals surface area contributed by atoms with Crippen molar-refractivity contribution >= 4 is 57.6 Å². The van der Waals surface area contributed by atoms with E-state index in [0.717, 1.165) is 40.5 Å². The van der Waals surface area contributed by atoms with Gasteiger partial charge >= 0.3 is 0 Å². The number of nitrogens with one attached hydrogen (secondary N) is 2. The first-order chi connectivity index (χ1) is 13.6. The molecule has 144 valence electrons. The third-order valence-electron chi connectivity index (χ3n) is 4.53. The van der Waals surface area contributed by atoms with Gasteiger partial charge in [0.05, 0.1) is 11.0 Å². The lowest BCUT2D eigenvalue weighted by atomic mass is 10.2. The van der Waals surface area contributed by atoms with Crippen LogP contribution in [0.1, 0.15) is 19.3 Å². The molecule has 0 unspecified atom stereocenters. The van der Waals surface area contributed by atoms with Gasteiger partial charge < -0.3 is 15.2 Å². The van der Waals surface area contributed by atoms with Gasteiger partial charge in [0.25, 0.3) is 0 Å². The lowest BCUT2D eigenvalue weighted by Crippen LogP contribution is -2.23. The van der Waals surface area contributed by atoms with Crippen molar-refractivity contribution in [3.63, 3.8) is 0 Å². The topological polar surface area (TPSA) is 78.1 Å². The Morgan fingerprint density at radius 1 is 1.25 bits per heavy atom. The maximum atomic E-state index is 12.2. The molecule has 1 aliphatic rings. The summed E-state index contributed by atoms with van der Waals surface area (Å²) < 4.78 is 0. The molecule has 1 fully saturated rings. The van der Waals surface area contributed by atoms with Gasteiger partial charge in [-0.05, 0) is 48.9 Å². The van der Waals surface area contributed by atoms with Crippen molar-refractivity contribution in [2.24, 2.45) is 0 Å². The lowest BCUT2D eigenvalue weighted by molar-refractivity contribution is -0.117. The number of imidazole rings is 1. The molecule has 2 N–H and O–H groups in total.